The van der Waals surface area contributed by atoms with Crippen molar-refractivity contribution in [2.45, 2.75) is 6.92 Å². The van der Waals surface area contributed by atoms with Crippen molar-refractivity contribution in [3.05, 3.63) is 78.4 Å². The topological polar surface area (TPSA) is 12.0 Å². The molecule has 3 aromatic carbocycles. The molecule has 0 atom stereocenters. The van der Waals surface area contributed by atoms with Crippen molar-refractivity contribution in [1.82, 2.24) is 0 Å². The SMILES string of the molecule is Cc1cccc2c1NB(c1ccccc1)c1ccccc1-2. The molecule has 0 bridgehead atoms. The number of anilines is 1. The van der Waals surface area contributed by atoms with E-state index in [1.165, 1.54) is 33.3 Å². The lowest BCUT2D eigenvalue weighted by Gasteiger charge is -2.29. The van der Waals surface area contributed by atoms with Gasteiger partial charge in [0.05, 0.1) is 0 Å². The highest BCUT2D eigenvalue weighted by Crippen LogP contribution is 2.33. The average molecular weight is 269 g/mol. The van der Waals surface area contributed by atoms with E-state index in [-0.39, 0.29) is 6.85 Å². The second-order valence-corrected chi connectivity index (χ2v) is 5.57. The van der Waals surface area contributed by atoms with Crippen LogP contribution in [-0.4, -0.2) is 6.85 Å². The molecule has 0 unspecified atom stereocenters. The largest absolute Gasteiger partial charge is 0.419 e. The monoisotopic (exact) mass is 269 g/mol. The summed E-state index contributed by atoms with van der Waals surface area (Å²) >= 11 is 0. The Labute approximate surface area is 125 Å². The smallest absolute Gasteiger partial charge is 0.321 e. The van der Waals surface area contributed by atoms with Gasteiger partial charge in [-0.1, -0.05) is 78.3 Å². The maximum atomic E-state index is 3.74. The third kappa shape index (κ3) is 1.95. The Morgan fingerprint density at radius 3 is 2.29 bits per heavy atom. The molecule has 0 fully saturated rings. The maximum Gasteiger partial charge on any atom is 0.321 e. The molecule has 0 radical (unpaired) electrons. The standard InChI is InChI=1S/C19H16BN/c1-14-8-7-12-17-16-11-5-6-13-18(16)20(21-19(14)17)15-9-3-2-4-10-15/h2-13,21H,1H3. The van der Waals surface area contributed by atoms with Crippen LogP contribution in [0.2, 0.25) is 0 Å². The molecular formula is C19H16BN. The molecule has 2 heteroatoms. The van der Waals surface area contributed by atoms with Crippen molar-refractivity contribution in [2.75, 3.05) is 5.23 Å². The number of fused-ring (bicyclic) bond motifs is 3. The van der Waals surface area contributed by atoms with Gasteiger partial charge in [0.1, 0.15) is 0 Å². The van der Waals surface area contributed by atoms with Crippen LogP contribution in [0.5, 0.6) is 0 Å². The summed E-state index contributed by atoms with van der Waals surface area (Å²) in [6.07, 6.45) is 0. The molecule has 1 nitrogen and oxygen atoms in total. The molecule has 0 saturated heterocycles. The van der Waals surface area contributed by atoms with Crippen LogP contribution in [-0.2, 0) is 0 Å². The van der Waals surface area contributed by atoms with Crippen molar-refractivity contribution in [3.8, 4) is 11.1 Å². The van der Waals surface area contributed by atoms with Gasteiger partial charge in [-0.05, 0) is 23.5 Å². The number of aryl methyl sites for hydroxylation is 1. The van der Waals surface area contributed by atoms with Crippen molar-refractivity contribution in [3.63, 3.8) is 0 Å². The summed E-state index contributed by atoms with van der Waals surface area (Å²) in [5.41, 5.74) is 7.84. The van der Waals surface area contributed by atoms with Crippen LogP contribution in [0.1, 0.15) is 5.56 Å². The average Bonchev–Trinajstić information content (AvgIpc) is 2.55. The van der Waals surface area contributed by atoms with E-state index in [1.807, 2.05) is 0 Å². The molecular weight excluding hydrogens is 253 g/mol. The zero-order chi connectivity index (χ0) is 14.2. The predicted molar refractivity (Wildman–Crippen MR) is 91.7 cm³/mol. The molecule has 100 valence electrons. The molecule has 3 aromatic rings. The summed E-state index contributed by atoms with van der Waals surface area (Å²) in [4.78, 5) is 0. The summed E-state index contributed by atoms with van der Waals surface area (Å²) < 4.78 is 0. The van der Waals surface area contributed by atoms with Crippen LogP contribution in [0.4, 0.5) is 5.69 Å². The van der Waals surface area contributed by atoms with Crippen molar-refractivity contribution in [1.29, 1.82) is 0 Å². The van der Waals surface area contributed by atoms with Gasteiger partial charge in [-0.2, -0.15) is 0 Å². The molecule has 1 aliphatic heterocycles. The van der Waals surface area contributed by atoms with Crippen LogP contribution in [0.3, 0.4) is 0 Å². The lowest BCUT2D eigenvalue weighted by Crippen LogP contribution is -2.52. The zero-order valence-corrected chi connectivity index (χ0v) is 12.0. The quantitative estimate of drug-likeness (QED) is 0.669. The van der Waals surface area contributed by atoms with E-state index in [0.29, 0.717) is 0 Å². The summed E-state index contributed by atoms with van der Waals surface area (Å²) in [5, 5.41) is 3.74. The first kappa shape index (κ1) is 12.3. The molecule has 1 aliphatic rings. The van der Waals surface area contributed by atoms with Crippen LogP contribution in [0, 0.1) is 6.92 Å². The van der Waals surface area contributed by atoms with Gasteiger partial charge in [-0.3, -0.25) is 0 Å². The normalized spacial score (nSPS) is 12.3. The molecule has 0 aliphatic carbocycles. The first-order valence-electron chi connectivity index (χ1n) is 7.35. The third-order valence-electron chi connectivity index (χ3n) is 4.26. The molecule has 0 saturated carbocycles. The minimum atomic E-state index is 0.219. The Bertz CT molecular complexity index is 796. The summed E-state index contributed by atoms with van der Waals surface area (Å²) in [5.74, 6) is 0. The molecule has 0 amide bonds. The molecule has 0 spiro atoms. The molecule has 1 N–H and O–H groups in total. The first-order chi connectivity index (χ1) is 10.3. The number of para-hydroxylation sites is 1. The highest BCUT2D eigenvalue weighted by molar-refractivity contribution is 6.89. The number of rotatable bonds is 1. The minimum absolute atomic E-state index is 0.219. The number of hydrogen-bond donors (Lipinski definition) is 1. The van der Waals surface area contributed by atoms with Crippen LogP contribution >= 0.6 is 0 Å². The number of hydrogen-bond acceptors (Lipinski definition) is 1. The number of nitrogens with one attached hydrogen (secondary N) is 1. The van der Waals surface area contributed by atoms with Gasteiger partial charge >= 0.3 is 6.85 Å². The van der Waals surface area contributed by atoms with Crippen molar-refractivity contribution >= 4 is 23.5 Å². The van der Waals surface area contributed by atoms with Gasteiger partial charge in [0.25, 0.3) is 0 Å². The Morgan fingerprint density at radius 1 is 0.714 bits per heavy atom. The van der Waals surface area contributed by atoms with E-state index in [2.05, 4.69) is 84.9 Å². The highest BCUT2D eigenvalue weighted by Gasteiger charge is 2.29. The lowest BCUT2D eigenvalue weighted by atomic mass is 9.47. The van der Waals surface area contributed by atoms with Gasteiger partial charge in [-0.25, -0.2) is 0 Å². The minimum Gasteiger partial charge on any atom is -0.419 e. The molecule has 0 aromatic heterocycles. The lowest BCUT2D eigenvalue weighted by molar-refractivity contribution is 1.45. The zero-order valence-electron chi connectivity index (χ0n) is 12.0. The summed E-state index contributed by atoms with van der Waals surface area (Å²) in [6.45, 7) is 2.39. The second-order valence-electron chi connectivity index (χ2n) is 5.57. The fraction of sp³-hybridized carbons (Fsp3) is 0.0526. The van der Waals surface area contributed by atoms with Crippen LogP contribution in [0.15, 0.2) is 72.8 Å². The van der Waals surface area contributed by atoms with Crippen molar-refractivity contribution < 1.29 is 0 Å². The van der Waals surface area contributed by atoms with E-state index >= 15 is 0 Å². The summed E-state index contributed by atoms with van der Waals surface area (Å²) in [7, 11) is 0. The summed E-state index contributed by atoms with van der Waals surface area (Å²) in [6, 6.07) is 25.9. The Morgan fingerprint density at radius 2 is 1.43 bits per heavy atom. The van der Waals surface area contributed by atoms with Gasteiger partial charge in [0, 0.05) is 11.3 Å². The second kappa shape index (κ2) is 4.82. The van der Waals surface area contributed by atoms with Crippen molar-refractivity contribution in [2.24, 2.45) is 0 Å². The molecule has 21 heavy (non-hydrogen) atoms. The number of benzene rings is 3. The Balaban J connectivity index is 1.96. The third-order valence-corrected chi connectivity index (χ3v) is 4.26. The predicted octanol–water partition coefficient (Wildman–Crippen LogP) is 3.19. The van der Waals surface area contributed by atoms with E-state index in [9.17, 15) is 0 Å². The first-order valence-corrected chi connectivity index (χ1v) is 7.35. The van der Waals surface area contributed by atoms with E-state index in [1.54, 1.807) is 0 Å². The van der Waals surface area contributed by atoms with Gasteiger partial charge in [-0.15, -0.1) is 0 Å². The fourth-order valence-corrected chi connectivity index (χ4v) is 3.21. The van der Waals surface area contributed by atoms with Crippen LogP contribution < -0.4 is 16.2 Å². The molecule has 4 rings (SSSR count). The fourth-order valence-electron chi connectivity index (χ4n) is 3.21. The Kier molecular flexibility index (Phi) is 2.82. The van der Waals surface area contributed by atoms with Crippen LogP contribution in [0.25, 0.3) is 11.1 Å². The highest BCUT2D eigenvalue weighted by atomic mass is 14.8. The maximum absolute atomic E-state index is 3.74. The van der Waals surface area contributed by atoms with E-state index < -0.39 is 0 Å². The van der Waals surface area contributed by atoms with E-state index in [0.717, 1.165) is 0 Å². The van der Waals surface area contributed by atoms with E-state index in [4.69, 9.17) is 0 Å². The van der Waals surface area contributed by atoms with Gasteiger partial charge in [0.2, 0.25) is 0 Å². The van der Waals surface area contributed by atoms with Gasteiger partial charge in [0.15, 0.2) is 0 Å². The Hall–Kier alpha value is -2.48. The van der Waals surface area contributed by atoms with Gasteiger partial charge < -0.3 is 5.23 Å². The molecule has 1 heterocycles.